The molecule has 4 nitrogen and oxygen atoms in total. The molecule has 0 saturated carbocycles. The molecule has 2 heterocycles. The molecule has 0 fully saturated rings. The van der Waals surface area contributed by atoms with E-state index < -0.39 is 0 Å². The number of rotatable bonds is 4. The molecule has 21 heavy (non-hydrogen) atoms. The van der Waals surface area contributed by atoms with E-state index in [2.05, 4.69) is 35.2 Å². The lowest BCUT2D eigenvalue weighted by Gasteiger charge is -2.25. The molecular formula is C17H22N4. The number of hydrogen-bond donors (Lipinski definition) is 1. The lowest BCUT2D eigenvalue weighted by atomic mass is 9.92. The molecule has 0 aromatic carbocycles. The van der Waals surface area contributed by atoms with Gasteiger partial charge >= 0.3 is 0 Å². The summed E-state index contributed by atoms with van der Waals surface area (Å²) in [6.07, 6.45) is 8.36. The summed E-state index contributed by atoms with van der Waals surface area (Å²) in [5.41, 5.74) is 4.47. The maximum absolute atomic E-state index is 4.79. The molecule has 0 aliphatic heterocycles. The first kappa shape index (κ1) is 14.1. The zero-order chi connectivity index (χ0) is 14.7. The van der Waals surface area contributed by atoms with Gasteiger partial charge < -0.3 is 5.32 Å². The van der Waals surface area contributed by atoms with Gasteiger partial charge in [0.1, 0.15) is 5.69 Å². The highest BCUT2D eigenvalue weighted by molar-refractivity contribution is 5.54. The van der Waals surface area contributed by atoms with Crippen LogP contribution in [0.25, 0.3) is 11.5 Å². The second-order valence-corrected chi connectivity index (χ2v) is 5.66. The SMILES string of the molecule is CCCNC1CCCc2nc(-c3ncccc3C)ncc21. The number of aromatic nitrogens is 3. The molecule has 2 aromatic rings. The van der Waals surface area contributed by atoms with Crippen LogP contribution < -0.4 is 5.32 Å². The zero-order valence-corrected chi connectivity index (χ0v) is 12.8. The largest absolute Gasteiger partial charge is 0.310 e. The standard InChI is InChI=1S/C17H22N4/c1-3-9-18-14-7-4-8-15-13(14)11-20-17(21-15)16-12(2)6-5-10-19-16/h5-6,10-11,14,18H,3-4,7-9H2,1-2H3. The van der Waals surface area contributed by atoms with E-state index >= 15 is 0 Å². The highest BCUT2D eigenvalue weighted by atomic mass is 15.0. The van der Waals surface area contributed by atoms with E-state index in [1.165, 1.54) is 24.1 Å². The van der Waals surface area contributed by atoms with Gasteiger partial charge in [-0.2, -0.15) is 0 Å². The zero-order valence-electron chi connectivity index (χ0n) is 12.8. The Morgan fingerprint density at radius 1 is 1.33 bits per heavy atom. The summed E-state index contributed by atoms with van der Waals surface area (Å²) in [7, 11) is 0. The van der Waals surface area contributed by atoms with Crippen molar-refractivity contribution in [2.75, 3.05) is 6.54 Å². The van der Waals surface area contributed by atoms with Crippen LogP contribution in [0.2, 0.25) is 0 Å². The van der Waals surface area contributed by atoms with Gasteiger partial charge in [-0.1, -0.05) is 13.0 Å². The molecule has 1 N–H and O–H groups in total. The van der Waals surface area contributed by atoms with Crippen molar-refractivity contribution in [3.05, 3.63) is 41.3 Å². The first-order valence-electron chi connectivity index (χ1n) is 7.80. The molecule has 3 rings (SSSR count). The molecule has 0 bridgehead atoms. The van der Waals surface area contributed by atoms with Crippen LogP contribution in [0, 0.1) is 6.92 Å². The molecule has 0 radical (unpaired) electrons. The molecule has 0 spiro atoms. The molecule has 0 amide bonds. The first-order chi connectivity index (χ1) is 10.3. The fourth-order valence-corrected chi connectivity index (χ4v) is 2.91. The van der Waals surface area contributed by atoms with Gasteiger partial charge in [0.05, 0.1) is 0 Å². The third kappa shape index (κ3) is 2.95. The van der Waals surface area contributed by atoms with Crippen molar-refractivity contribution in [3.63, 3.8) is 0 Å². The lowest BCUT2D eigenvalue weighted by molar-refractivity contribution is 0.453. The number of pyridine rings is 1. The van der Waals surface area contributed by atoms with Crippen molar-refractivity contribution in [2.45, 2.75) is 45.6 Å². The molecule has 2 aromatic heterocycles. The first-order valence-corrected chi connectivity index (χ1v) is 7.80. The van der Waals surface area contributed by atoms with Crippen LogP contribution in [0.1, 0.15) is 49.0 Å². The molecule has 110 valence electrons. The third-order valence-electron chi connectivity index (χ3n) is 4.04. The van der Waals surface area contributed by atoms with Crippen molar-refractivity contribution in [2.24, 2.45) is 0 Å². The third-order valence-corrected chi connectivity index (χ3v) is 4.04. The normalized spacial score (nSPS) is 17.5. The molecule has 1 aliphatic carbocycles. The summed E-state index contributed by atoms with van der Waals surface area (Å²) in [6, 6.07) is 4.41. The molecular weight excluding hydrogens is 260 g/mol. The second-order valence-electron chi connectivity index (χ2n) is 5.66. The van der Waals surface area contributed by atoms with Gasteiger partial charge in [0.15, 0.2) is 5.82 Å². The maximum atomic E-state index is 4.79. The summed E-state index contributed by atoms with van der Waals surface area (Å²) in [4.78, 5) is 13.8. The Morgan fingerprint density at radius 2 is 2.24 bits per heavy atom. The van der Waals surface area contributed by atoms with Crippen molar-refractivity contribution in [1.82, 2.24) is 20.3 Å². The van der Waals surface area contributed by atoms with Gasteiger partial charge in [0.25, 0.3) is 0 Å². The Morgan fingerprint density at radius 3 is 3.05 bits per heavy atom. The Labute approximate surface area is 126 Å². The molecule has 1 aliphatic rings. The predicted octanol–water partition coefficient (Wildman–Crippen LogP) is 3.22. The van der Waals surface area contributed by atoms with E-state index in [0.717, 1.165) is 36.5 Å². The Kier molecular flexibility index (Phi) is 4.25. The summed E-state index contributed by atoms with van der Waals surface area (Å²) in [6.45, 7) is 5.29. The molecule has 4 heteroatoms. The summed E-state index contributed by atoms with van der Waals surface area (Å²) in [5, 5.41) is 3.60. The average molecular weight is 282 g/mol. The fourth-order valence-electron chi connectivity index (χ4n) is 2.91. The monoisotopic (exact) mass is 282 g/mol. The van der Waals surface area contributed by atoms with Gasteiger partial charge in [-0.15, -0.1) is 0 Å². The maximum Gasteiger partial charge on any atom is 0.178 e. The highest BCUT2D eigenvalue weighted by Gasteiger charge is 2.22. The number of nitrogens with one attached hydrogen (secondary N) is 1. The summed E-state index contributed by atoms with van der Waals surface area (Å²) in [5.74, 6) is 0.753. The van der Waals surface area contributed by atoms with Crippen LogP contribution >= 0.6 is 0 Å². The van der Waals surface area contributed by atoms with Crippen LogP contribution in [0.4, 0.5) is 0 Å². The van der Waals surface area contributed by atoms with Crippen LogP contribution in [-0.4, -0.2) is 21.5 Å². The smallest absolute Gasteiger partial charge is 0.178 e. The number of fused-ring (bicyclic) bond motifs is 1. The van der Waals surface area contributed by atoms with Crippen LogP contribution in [0.5, 0.6) is 0 Å². The van der Waals surface area contributed by atoms with Gasteiger partial charge in [-0.3, -0.25) is 4.98 Å². The molecule has 1 unspecified atom stereocenters. The van der Waals surface area contributed by atoms with Crippen molar-refractivity contribution in [1.29, 1.82) is 0 Å². The summed E-state index contributed by atoms with van der Waals surface area (Å²) < 4.78 is 0. The molecule has 1 atom stereocenters. The van der Waals surface area contributed by atoms with Crippen molar-refractivity contribution in [3.8, 4) is 11.5 Å². The topological polar surface area (TPSA) is 50.7 Å². The van der Waals surface area contributed by atoms with Crippen LogP contribution in [0.15, 0.2) is 24.5 Å². The fraction of sp³-hybridized carbons (Fsp3) is 0.471. The average Bonchev–Trinajstić information content (AvgIpc) is 2.52. The highest BCUT2D eigenvalue weighted by Crippen LogP contribution is 2.29. The minimum Gasteiger partial charge on any atom is -0.310 e. The van der Waals surface area contributed by atoms with Crippen LogP contribution in [-0.2, 0) is 6.42 Å². The number of hydrogen-bond acceptors (Lipinski definition) is 4. The minimum absolute atomic E-state index is 0.410. The van der Waals surface area contributed by atoms with Gasteiger partial charge in [0.2, 0.25) is 0 Å². The number of nitrogens with zero attached hydrogens (tertiary/aromatic N) is 3. The van der Waals surface area contributed by atoms with Gasteiger partial charge in [-0.25, -0.2) is 9.97 Å². The van der Waals surface area contributed by atoms with Crippen molar-refractivity contribution >= 4 is 0 Å². The van der Waals surface area contributed by atoms with Crippen LogP contribution in [0.3, 0.4) is 0 Å². The van der Waals surface area contributed by atoms with E-state index in [1.807, 2.05) is 12.3 Å². The second kappa shape index (κ2) is 6.31. The van der Waals surface area contributed by atoms with Gasteiger partial charge in [0, 0.05) is 29.7 Å². The summed E-state index contributed by atoms with van der Waals surface area (Å²) >= 11 is 0. The van der Waals surface area contributed by atoms with E-state index in [1.54, 1.807) is 6.20 Å². The van der Waals surface area contributed by atoms with E-state index in [0.29, 0.717) is 6.04 Å². The van der Waals surface area contributed by atoms with E-state index in [9.17, 15) is 0 Å². The van der Waals surface area contributed by atoms with Gasteiger partial charge in [-0.05, 0) is 50.8 Å². The minimum atomic E-state index is 0.410. The Hall–Kier alpha value is -1.81. The van der Waals surface area contributed by atoms with E-state index in [4.69, 9.17) is 4.98 Å². The lowest BCUT2D eigenvalue weighted by Crippen LogP contribution is -2.26. The van der Waals surface area contributed by atoms with E-state index in [-0.39, 0.29) is 0 Å². The Bertz CT molecular complexity index is 624. The molecule has 0 saturated heterocycles. The predicted molar refractivity (Wildman–Crippen MR) is 84.0 cm³/mol. The number of aryl methyl sites for hydroxylation is 2. The quantitative estimate of drug-likeness (QED) is 0.935. The van der Waals surface area contributed by atoms with Crippen molar-refractivity contribution < 1.29 is 0 Å². The Balaban J connectivity index is 1.93.